The molecule has 1 atom stereocenters. The first-order valence-corrected chi connectivity index (χ1v) is 9.02. The third kappa shape index (κ3) is 4.58. The van der Waals surface area contributed by atoms with Crippen LogP contribution in [0.15, 0.2) is 59.8 Å². The number of thiocarbonyl (C=S) groups is 1. The van der Waals surface area contributed by atoms with Gasteiger partial charge in [-0.1, -0.05) is 29.8 Å². The number of carbonyl (C=O) groups is 1. The number of carbonyl (C=O) groups excluding carboxylic acids is 1. The van der Waals surface area contributed by atoms with Crippen molar-refractivity contribution in [2.75, 3.05) is 5.32 Å². The number of alkyl halides is 2. The van der Waals surface area contributed by atoms with Gasteiger partial charge in [-0.2, -0.15) is 8.78 Å². The summed E-state index contributed by atoms with van der Waals surface area (Å²) in [5, 5.41) is 9.44. The first-order valence-electron chi connectivity index (χ1n) is 8.24. The Labute approximate surface area is 170 Å². The number of benzene rings is 2. The molecule has 0 aromatic heterocycles. The van der Waals surface area contributed by atoms with Gasteiger partial charge in [0, 0.05) is 22.0 Å². The maximum absolute atomic E-state index is 13.0. The molecule has 1 amide bonds. The lowest BCUT2D eigenvalue weighted by Crippen LogP contribution is -2.45. The molecular formula is C19H16ClF2N3O2S. The largest absolute Gasteiger partial charge is 0.434 e. The zero-order valence-corrected chi connectivity index (χ0v) is 16.2. The average molecular weight is 424 g/mol. The molecule has 0 bridgehead atoms. The van der Waals surface area contributed by atoms with Crippen molar-refractivity contribution in [2.45, 2.75) is 19.6 Å². The van der Waals surface area contributed by atoms with Gasteiger partial charge in [0.2, 0.25) is 0 Å². The fourth-order valence-electron chi connectivity index (χ4n) is 2.88. The summed E-state index contributed by atoms with van der Waals surface area (Å²) in [6.45, 7) is -1.31. The van der Waals surface area contributed by atoms with Crippen molar-refractivity contribution >= 4 is 40.5 Å². The van der Waals surface area contributed by atoms with Crippen molar-refractivity contribution in [1.29, 1.82) is 0 Å². The van der Waals surface area contributed by atoms with Crippen LogP contribution in [0.25, 0.3) is 0 Å². The SMILES string of the molecule is CC1=C(C(=O)Nc2ccc(Cl)cc2)[C@@H](c2ccccc2OC(F)F)NC(=S)N1. The van der Waals surface area contributed by atoms with Crippen LogP contribution in [-0.4, -0.2) is 17.6 Å². The first kappa shape index (κ1) is 20.0. The van der Waals surface area contributed by atoms with E-state index in [2.05, 4.69) is 20.7 Å². The average Bonchev–Trinajstić information content (AvgIpc) is 2.63. The van der Waals surface area contributed by atoms with Gasteiger partial charge in [-0.3, -0.25) is 4.79 Å². The maximum Gasteiger partial charge on any atom is 0.387 e. The highest BCUT2D eigenvalue weighted by Gasteiger charge is 2.32. The Kier molecular flexibility index (Phi) is 6.11. The lowest BCUT2D eigenvalue weighted by Gasteiger charge is -2.31. The summed E-state index contributed by atoms with van der Waals surface area (Å²) < 4.78 is 30.3. The number of para-hydroxylation sites is 1. The summed E-state index contributed by atoms with van der Waals surface area (Å²) in [6, 6.07) is 12.1. The van der Waals surface area contributed by atoms with E-state index in [4.69, 9.17) is 23.8 Å². The Morgan fingerprint density at radius 1 is 1.21 bits per heavy atom. The topological polar surface area (TPSA) is 62.4 Å². The summed E-state index contributed by atoms with van der Waals surface area (Å²) in [5.74, 6) is -0.455. The minimum atomic E-state index is -2.99. The molecule has 0 spiro atoms. The van der Waals surface area contributed by atoms with E-state index >= 15 is 0 Å². The predicted molar refractivity (Wildman–Crippen MR) is 107 cm³/mol. The molecule has 0 saturated carbocycles. The molecule has 146 valence electrons. The molecule has 3 rings (SSSR count). The third-order valence-electron chi connectivity index (χ3n) is 4.06. The molecule has 1 aliphatic heterocycles. The molecule has 0 unspecified atom stereocenters. The van der Waals surface area contributed by atoms with Crippen molar-refractivity contribution in [1.82, 2.24) is 10.6 Å². The Hall–Kier alpha value is -2.71. The van der Waals surface area contributed by atoms with Gasteiger partial charge < -0.3 is 20.7 Å². The Balaban J connectivity index is 1.97. The molecule has 1 aliphatic rings. The van der Waals surface area contributed by atoms with Crippen LogP contribution < -0.4 is 20.7 Å². The molecule has 3 N–H and O–H groups in total. The molecular weight excluding hydrogens is 408 g/mol. The Morgan fingerprint density at radius 2 is 1.89 bits per heavy atom. The number of hydrogen-bond acceptors (Lipinski definition) is 3. The van der Waals surface area contributed by atoms with E-state index in [1.165, 1.54) is 6.07 Å². The van der Waals surface area contributed by atoms with E-state index in [-0.39, 0.29) is 10.9 Å². The Bertz CT molecular complexity index is 935. The molecule has 1 heterocycles. The van der Waals surface area contributed by atoms with E-state index in [9.17, 15) is 13.6 Å². The monoisotopic (exact) mass is 423 g/mol. The van der Waals surface area contributed by atoms with Crippen LogP contribution in [-0.2, 0) is 4.79 Å². The fraction of sp³-hybridized carbons (Fsp3) is 0.158. The van der Waals surface area contributed by atoms with Crippen LogP contribution in [0, 0.1) is 0 Å². The number of amides is 1. The minimum Gasteiger partial charge on any atom is -0.434 e. The van der Waals surface area contributed by atoms with Gasteiger partial charge in [0.05, 0.1) is 11.6 Å². The van der Waals surface area contributed by atoms with Gasteiger partial charge >= 0.3 is 6.61 Å². The zero-order valence-electron chi connectivity index (χ0n) is 14.6. The van der Waals surface area contributed by atoms with Crippen LogP contribution in [0.5, 0.6) is 5.75 Å². The highest BCUT2D eigenvalue weighted by molar-refractivity contribution is 7.80. The molecule has 0 aliphatic carbocycles. The van der Waals surface area contributed by atoms with E-state index in [0.717, 1.165) is 0 Å². The van der Waals surface area contributed by atoms with Crippen molar-refractivity contribution in [3.8, 4) is 5.75 Å². The number of anilines is 1. The van der Waals surface area contributed by atoms with Crippen LogP contribution in [0.2, 0.25) is 5.02 Å². The molecule has 28 heavy (non-hydrogen) atoms. The van der Waals surface area contributed by atoms with Crippen LogP contribution in [0.4, 0.5) is 14.5 Å². The molecule has 0 radical (unpaired) electrons. The number of rotatable bonds is 5. The third-order valence-corrected chi connectivity index (χ3v) is 4.53. The van der Waals surface area contributed by atoms with Gasteiger partial charge in [-0.15, -0.1) is 0 Å². The molecule has 0 saturated heterocycles. The van der Waals surface area contributed by atoms with Crippen molar-refractivity contribution in [3.63, 3.8) is 0 Å². The summed E-state index contributed by atoms with van der Waals surface area (Å²) in [5.41, 5.74) is 1.71. The van der Waals surface area contributed by atoms with Gasteiger partial charge in [0.1, 0.15) is 5.75 Å². The smallest absolute Gasteiger partial charge is 0.387 e. The summed E-state index contributed by atoms with van der Waals surface area (Å²) in [6.07, 6.45) is 0. The van der Waals surface area contributed by atoms with Gasteiger partial charge in [-0.25, -0.2) is 0 Å². The number of hydrogen-bond donors (Lipinski definition) is 3. The quantitative estimate of drug-likeness (QED) is 0.623. The normalized spacial score (nSPS) is 16.5. The van der Waals surface area contributed by atoms with Crippen molar-refractivity contribution < 1.29 is 18.3 Å². The van der Waals surface area contributed by atoms with E-state index in [1.807, 2.05) is 0 Å². The summed E-state index contributed by atoms with van der Waals surface area (Å²) in [7, 11) is 0. The molecule has 5 nitrogen and oxygen atoms in total. The van der Waals surface area contributed by atoms with Crippen molar-refractivity contribution in [2.24, 2.45) is 0 Å². The second kappa shape index (κ2) is 8.53. The molecule has 9 heteroatoms. The highest BCUT2D eigenvalue weighted by atomic mass is 35.5. The van der Waals surface area contributed by atoms with Crippen LogP contribution in [0.3, 0.4) is 0 Å². The fourth-order valence-corrected chi connectivity index (χ4v) is 3.28. The van der Waals surface area contributed by atoms with E-state index < -0.39 is 18.6 Å². The molecule has 2 aromatic rings. The van der Waals surface area contributed by atoms with Crippen molar-refractivity contribution in [3.05, 3.63) is 70.4 Å². The number of ether oxygens (including phenoxy) is 1. The van der Waals surface area contributed by atoms with Gasteiger partial charge in [0.25, 0.3) is 5.91 Å². The first-order chi connectivity index (χ1) is 13.3. The second-order valence-electron chi connectivity index (χ2n) is 5.95. The standard InChI is InChI=1S/C19H16ClF2N3O2S/c1-10-15(17(26)24-12-8-6-11(20)7-9-12)16(25-19(28)23-10)13-4-2-3-5-14(13)27-18(21)22/h2-9,16,18H,1H3,(H,24,26)(H2,23,25,28)/t16-/m1/s1. The number of halogens is 3. The highest BCUT2D eigenvalue weighted by Crippen LogP contribution is 2.34. The molecule has 0 fully saturated rings. The molecule has 2 aromatic carbocycles. The van der Waals surface area contributed by atoms with E-state index in [0.29, 0.717) is 27.5 Å². The van der Waals surface area contributed by atoms with Crippen LogP contribution in [0.1, 0.15) is 18.5 Å². The number of nitrogens with one attached hydrogen (secondary N) is 3. The minimum absolute atomic E-state index is 0.0377. The maximum atomic E-state index is 13.0. The van der Waals surface area contributed by atoms with Gasteiger partial charge in [0.15, 0.2) is 5.11 Å². The lowest BCUT2D eigenvalue weighted by molar-refractivity contribution is -0.113. The van der Waals surface area contributed by atoms with E-state index in [1.54, 1.807) is 49.4 Å². The van der Waals surface area contributed by atoms with Crippen LogP contribution >= 0.6 is 23.8 Å². The summed E-state index contributed by atoms with van der Waals surface area (Å²) in [4.78, 5) is 13.0. The second-order valence-corrected chi connectivity index (χ2v) is 6.79. The number of allylic oxidation sites excluding steroid dienone is 1. The predicted octanol–water partition coefficient (Wildman–Crippen LogP) is 4.37. The van der Waals surface area contributed by atoms with Gasteiger partial charge in [-0.05, 0) is 49.5 Å². The Morgan fingerprint density at radius 3 is 2.57 bits per heavy atom. The lowest BCUT2D eigenvalue weighted by atomic mass is 9.94. The zero-order chi connectivity index (χ0) is 20.3. The summed E-state index contributed by atoms with van der Waals surface area (Å²) >= 11 is 11.0.